The summed E-state index contributed by atoms with van der Waals surface area (Å²) in [4.78, 5) is 2.30. The summed E-state index contributed by atoms with van der Waals surface area (Å²) < 4.78 is 6.28. The summed E-state index contributed by atoms with van der Waals surface area (Å²) in [7, 11) is 2.17. The van der Waals surface area contributed by atoms with E-state index in [-0.39, 0.29) is 13.2 Å². The van der Waals surface area contributed by atoms with Crippen molar-refractivity contribution in [3.8, 4) is 0 Å². The zero-order valence-corrected chi connectivity index (χ0v) is 11.4. The van der Waals surface area contributed by atoms with Gasteiger partial charge in [-0.05, 0) is 25.0 Å². The van der Waals surface area contributed by atoms with E-state index in [0.29, 0.717) is 6.04 Å². The van der Waals surface area contributed by atoms with Crippen LogP contribution in [0, 0.1) is 0 Å². The van der Waals surface area contributed by atoms with Crippen LogP contribution in [0.2, 0.25) is 0 Å². The largest absolute Gasteiger partial charge is 0.419 e. The third-order valence-electron chi connectivity index (χ3n) is 3.94. The van der Waals surface area contributed by atoms with E-state index in [1.54, 1.807) is 0 Å². The Morgan fingerprint density at radius 3 is 2.16 bits per heavy atom. The van der Waals surface area contributed by atoms with E-state index in [1.165, 1.54) is 11.0 Å². The number of hydrogen-bond donors (Lipinski definition) is 0. The minimum absolute atomic E-state index is 0.0430. The van der Waals surface area contributed by atoms with E-state index in [9.17, 15) is 0 Å². The topological polar surface area (TPSA) is 12.5 Å². The molecule has 2 aromatic carbocycles. The molecule has 1 saturated heterocycles. The lowest BCUT2D eigenvalue weighted by molar-refractivity contribution is 0.211. The van der Waals surface area contributed by atoms with Crippen LogP contribution in [0.4, 0.5) is 0 Å². The molecule has 0 spiro atoms. The average molecular weight is 251 g/mol. The summed E-state index contributed by atoms with van der Waals surface area (Å²) in [6.45, 7) is 2.22. The van der Waals surface area contributed by atoms with Gasteiger partial charge in [0, 0.05) is 6.04 Å². The highest BCUT2D eigenvalue weighted by molar-refractivity contribution is 6.65. The highest BCUT2D eigenvalue weighted by Crippen LogP contribution is 2.31. The monoisotopic (exact) mass is 251 g/mol. The Morgan fingerprint density at radius 1 is 0.947 bits per heavy atom. The smallest absolute Gasteiger partial charge is 0.409 e. The summed E-state index contributed by atoms with van der Waals surface area (Å²) in [5.41, 5.74) is 2.47. The van der Waals surface area contributed by atoms with E-state index in [2.05, 4.69) is 67.3 Å². The number of nitrogens with zero attached hydrogens (tertiary/aromatic N) is 1. The lowest BCUT2D eigenvalue weighted by Gasteiger charge is -2.20. The van der Waals surface area contributed by atoms with Gasteiger partial charge in [-0.1, -0.05) is 60.7 Å². The quantitative estimate of drug-likeness (QED) is 0.760. The van der Waals surface area contributed by atoms with Crippen molar-refractivity contribution >= 4 is 12.5 Å². The third kappa shape index (κ3) is 2.31. The molecule has 1 aliphatic heterocycles. The zero-order valence-electron chi connectivity index (χ0n) is 11.4. The number of hydrogen-bond acceptors (Lipinski definition) is 2. The van der Waals surface area contributed by atoms with Crippen LogP contribution < -0.4 is 5.46 Å². The molecule has 19 heavy (non-hydrogen) atoms. The normalized spacial score (nSPS) is 23.8. The molecule has 1 aliphatic rings. The summed E-state index contributed by atoms with van der Waals surface area (Å²) in [6.07, 6.45) is 0.136. The van der Waals surface area contributed by atoms with Crippen LogP contribution in [0.1, 0.15) is 18.6 Å². The fraction of sp³-hybridized carbons (Fsp3) is 0.250. The molecule has 1 fully saturated rings. The predicted octanol–water partition coefficient (Wildman–Crippen LogP) is 2.47. The van der Waals surface area contributed by atoms with Crippen molar-refractivity contribution in [3.63, 3.8) is 0 Å². The van der Waals surface area contributed by atoms with Crippen molar-refractivity contribution in [3.05, 3.63) is 66.2 Å². The van der Waals surface area contributed by atoms with Crippen LogP contribution in [0.5, 0.6) is 0 Å². The molecular formula is C16H18BNO. The van der Waals surface area contributed by atoms with Gasteiger partial charge in [0.15, 0.2) is 0 Å². The van der Waals surface area contributed by atoms with Crippen molar-refractivity contribution in [2.75, 3.05) is 7.05 Å². The number of rotatable bonds is 2. The second-order valence-corrected chi connectivity index (χ2v) is 5.14. The Morgan fingerprint density at radius 2 is 1.53 bits per heavy atom. The van der Waals surface area contributed by atoms with Gasteiger partial charge in [-0.15, -0.1) is 0 Å². The van der Waals surface area contributed by atoms with Crippen LogP contribution in [0.25, 0.3) is 0 Å². The molecule has 0 amide bonds. The molecule has 0 radical (unpaired) electrons. The molecule has 2 aromatic rings. The first-order valence-electron chi connectivity index (χ1n) is 6.74. The van der Waals surface area contributed by atoms with Gasteiger partial charge in [0.2, 0.25) is 0 Å². The minimum atomic E-state index is 0.0430. The SMILES string of the molecule is C[C@H]1[C@H](c2ccccc2)OB(c2ccccc2)N1C. The lowest BCUT2D eigenvalue weighted by Crippen LogP contribution is -2.44. The van der Waals surface area contributed by atoms with Gasteiger partial charge >= 0.3 is 7.05 Å². The lowest BCUT2D eigenvalue weighted by atomic mass is 9.72. The second-order valence-electron chi connectivity index (χ2n) is 5.14. The fourth-order valence-corrected chi connectivity index (χ4v) is 2.71. The van der Waals surface area contributed by atoms with Gasteiger partial charge in [0.05, 0.1) is 6.10 Å². The van der Waals surface area contributed by atoms with Gasteiger partial charge in [0.25, 0.3) is 0 Å². The van der Waals surface area contributed by atoms with Crippen LogP contribution >= 0.6 is 0 Å². The zero-order chi connectivity index (χ0) is 13.2. The molecule has 0 bridgehead atoms. The maximum atomic E-state index is 6.28. The Labute approximate surface area is 115 Å². The Kier molecular flexibility index (Phi) is 3.41. The molecule has 96 valence electrons. The predicted molar refractivity (Wildman–Crippen MR) is 79.3 cm³/mol. The molecule has 2 atom stereocenters. The van der Waals surface area contributed by atoms with Crippen LogP contribution in [-0.2, 0) is 4.65 Å². The first kappa shape index (κ1) is 12.5. The van der Waals surface area contributed by atoms with Gasteiger partial charge in [-0.2, -0.15) is 0 Å². The van der Waals surface area contributed by atoms with Gasteiger partial charge in [-0.25, -0.2) is 0 Å². The molecule has 0 aliphatic carbocycles. The maximum Gasteiger partial charge on any atom is 0.419 e. The van der Waals surface area contributed by atoms with E-state index in [4.69, 9.17) is 4.65 Å². The maximum absolute atomic E-state index is 6.28. The Bertz CT molecular complexity index is 481. The molecule has 0 saturated carbocycles. The summed E-state index contributed by atoms with van der Waals surface area (Å²) >= 11 is 0. The molecule has 3 heteroatoms. The van der Waals surface area contributed by atoms with Gasteiger partial charge in [0.1, 0.15) is 0 Å². The first-order chi connectivity index (χ1) is 9.27. The molecule has 2 nitrogen and oxygen atoms in total. The minimum Gasteiger partial charge on any atom is -0.409 e. The number of likely N-dealkylation sites (N-methyl/N-ethyl adjacent to an activating group) is 1. The summed E-state index contributed by atoms with van der Waals surface area (Å²) in [5, 5.41) is 0. The highest BCUT2D eigenvalue weighted by atomic mass is 16.5. The molecule has 0 aromatic heterocycles. The Hall–Kier alpha value is -1.58. The summed E-state index contributed by atoms with van der Waals surface area (Å²) in [5.74, 6) is 0. The molecule has 0 unspecified atom stereocenters. The summed E-state index contributed by atoms with van der Waals surface area (Å²) in [6, 6.07) is 21.3. The van der Waals surface area contributed by atoms with E-state index in [1.807, 2.05) is 12.1 Å². The highest BCUT2D eigenvalue weighted by Gasteiger charge is 2.42. The van der Waals surface area contributed by atoms with Crippen molar-refractivity contribution in [1.29, 1.82) is 0 Å². The fourth-order valence-electron chi connectivity index (χ4n) is 2.71. The van der Waals surface area contributed by atoms with Crippen molar-refractivity contribution < 1.29 is 4.65 Å². The Balaban J connectivity index is 1.88. The van der Waals surface area contributed by atoms with Crippen LogP contribution in [0.3, 0.4) is 0 Å². The van der Waals surface area contributed by atoms with E-state index in [0.717, 1.165) is 0 Å². The standard InChI is InChI=1S/C16H18BNO/c1-13-16(14-9-5-3-6-10-14)19-17(18(13)2)15-11-7-4-8-12-15/h3-13,16H,1-2H3/t13-,16+/m0/s1. The van der Waals surface area contributed by atoms with E-state index >= 15 is 0 Å². The van der Waals surface area contributed by atoms with Crippen LogP contribution in [0.15, 0.2) is 60.7 Å². The molecule has 3 rings (SSSR count). The first-order valence-corrected chi connectivity index (χ1v) is 6.74. The third-order valence-corrected chi connectivity index (χ3v) is 3.94. The van der Waals surface area contributed by atoms with Gasteiger partial charge in [-0.3, -0.25) is 0 Å². The molecule has 0 N–H and O–H groups in total. The van der Waals surface area contributed by atoms with Crippen molar-refractivity contribution in [2.45, 2.75) is 19.1 Å². The van der Waals surface area contributed by atoms with Crippen molar-refractivity contribution in [2.24, 2.45) is 0 Å². The van der Waals surface area contributed by atoms with E-state index < -0.39 is 0 Å². The second kappa shape index (κ2) is 5.20. The van der Waals surface area contributed by atoms with Gasteiger partial charge < -0.3 is 9.47 Å². The van der Waals surface area contributed by atoms with Crippen molar-refractivity contribution in [1.82, 2.24) is 4.81 Å². The average Bonchev–Trinajstić information content (AvgIpc) is 2.77. The van der Waals surface area contributed by atoms with Crippen LogP contribution in [-0.4, -0.2) is 25.0 Å². The number of benzene rings is 2. The molecule has 1 heterocycles. The molecular weight excluding hydrogens is 233 g/mol.